The zero-order valence-corrected chi connectivity index (χ0v) is 19.7. The van der Waals surface area contributed by atoms with Crippen LogP contribution < -0.4 is 10.6 Å². The fourth-order valence-corrected chi connectivity index (χ4v) is 4.74. The molecule has 1 fully saturated rings. The van der Waals surface area contributed by atoms with E-state index in [9.17, 15) is 9.59 Å². The van der Waals surface area contributed by atoms with Crippen LogP contribution >= 0.6 is 11.8 Å². The highest BCUT2D eigenvalue weighted by molar-refractivity contribution is 7.99. The highest BCUT2D eigenvalue weighted by atomic mass is 32.2. The minimum absolute atomic E-state index is 0.0338. The molecule has 166 valence electrons. The smallest absolute Gasteiger partial charge is 0.228 e. The maximum atomic E-state index is 12.7. The minimum atomic E-state index is -0.449. The number of nitrogens with one attached hydrogen (secondary N) is 2. The number of hydrogen-bond acceptors (Lipinski definition) is 3. The molecule has 0 unspecified atom stereocenters. The molecule has 1 aliphatic carbocycles. The van der Waals surface area contributed by atoms with Gasteiger partial charge in [0.2, 0.25) is 11.8 Å². The lowest BCUT2D eigenvalue weighted by molar-refractivity contribution is -0.127. The molecule has 0 atom stereocenters. The number of thioether (sulfide) groups is 1. The standard InChI is InChI=1S/C26H34N2O2S/c1-4-31-23-16-10-19(11-17-23)18-24(29)27-22-14-12-21(13-15-22)26(2,3)28-25(30)20-8-6-5-7-9-20/h10-17,20H,4-9,18H2,1-3H3,(H,27,29)(H,28,30). The predicted octanol–water partition coefficient (Wildman–Crippen LogP) is 5.91. The summed E-state index contributed by atoms with van der Waals surface area (Å²) in [6.07, 6.45) is 5.87. The minimum Gasteiger partial charge on any atom is -0.347 e. The van der Waals surface area contributed by atoms with Crippen LogP contribution in [0.5, 0.6) is 0 Å². The average Bonchev–Trinajstić information content (AvgIpc) is 2.76. The Morgan fingerprint density at radius 1 is 0.968 bits per heavy atom. The number of hydrogen-bond donors (Lipinski definition) is 2. The molecule has 0 aromatic heterocycles. The summed E-state index contributed by atoms with van der Waals surface area (Å²) in [5.41, 5.74) is 2.34. The van der Waals surface area contributed by atoms with Gasteiger partial charge in [0.1, 0.15) is 0 Å². The van der Waals surface area contributed by atoms with Crippen LogP contribution in [0.4, 0.5) is 5.69 Å². The second kappa shape index (κ2) is 10.9. The molecule has 2 N–H and O–H groups in total. The first-order valence-corrected chi connectivity index (χ1v) is 12.3. The molecule has 0 aliphatic heterocycles. The van der Waals surface area contributed by atoms with Crippen LogP contribution in [-0.2, 0) is 21.5 Å². The van der Waals surface area contributed by atoms with Gasteiger partial charge in [0, 0.05) is 16.5 Å². The van der Waals surface area contributed by atoms with Gasteiger partial charge in [-0.15, -0.1) is 11.8 Å². The lowest BCUT2D eigenvalue weighted by atomic mass is 9.87. The third kappa shape index (κ3) is 6.86. The van der Waals surface area contributed by atoms with Crippen molar-refractivity contribution in [3.63, 3.8) is 0 Å². The molecule has 2 aromatic rings. The third-order valence-corrected chi connectivity index (χ3v) is 6.80. The quantitative estimate of drug-likeness (QED) is 0.504. The third-order valence-electron chi connectivity index (χ3n) is 5.90. The number of rotatable bonds is 8. The molecular weight excluding hydrogens is 404 g/mol. The number of benzene rings is 2. The van der Waals surface area contributed by atoms with Crippen LogP contribution in [0.3, 0.4) is 0 Å². The van der Waals surface area contributed by atoms with Gasteiger partial charge in [-0.3, -0.25) is 9.59 Å². The van der Waals surface area contributed by atoms with Crippen LogP contribution in [-0.4, -0.2) is 17.6 Å². The van der Waals surface area contributed by atoms with Gasteiger partial charge in [0.15, 0.2) is 0 Å². The van der Waals surface area contributed by atoms with E-state index in [0.29, 0.717) is 6.42 Å². The Kier molecular flexibility index (Phi) is 8.19. The number of amides is 2. The van der Waals surface area contributed by atoms with Gasteiger partial charge >= 0.3 is 0 Å². The summed E-state index contributed by atoms with van der Waals surface area (Å²) in [7, 11) is 0. The normalized spacial score (nSPS) is 14.8. The highest BCUT2D eigenvalue weighted by Crippen LogP contribution is 2.27. The van der Waals surface area contributed by atoms with Gasteiger partial charge in [-0.05, 0) is 67.8 Å². The number of anilines is 1. The molecule has 31 heavy (non-hydrogen) atoms. The van der Waals surface area contributed by atoms with Crippen LogP contribution in [0, 0.1) is 5.92 Å². The largest absolute Gasteiger partial charge is 0.347 e. The molecule has 1 saturated carbocycles. The lowest BCUT2D eigenvalue weighted by Crippen LogP contribution is -2.44. The zero-order chi connectivity index (χ0) is 22.3. The molecule has 0 saturated heterocycles. The van der Waals surface area contributed by atoms with Crippen molar-refractivity contribution in [1.29, 1.82) is 0 Å². The molecule has 0 spiro atoms. The number of carbonyl (C=O) groups is 2. The maximum Gasteiger partial charge on any atom is 0.228 e. The van der Waals surface area contributed by atoms with E-state index >= 15 is 0 Å². The van der Waals surface area contributed by atoms with Crippen LogP contribution in [0.2, 0.25) is 0 Å². The highest BCUT2D eigenvalue weighted by Gasteiger charge is 2.28. The Morgan fingerprint density at radius 2 is 1.61 bits per heavy atom. The number of carbonyl (C=O) groups excluding carboxylic acids is 2. The Labute approximate surface area is 190 Å². The Bertz CT molecular complexity index is 869. The average molecular weight is 439 g/mol. The first-order valence-electron chi connectivity index (χ1n) is 11.3. The van der Waals surface area contributed by atoms with E-state index in [1.165, 1.54) is 11.3 Å². The van der Waals surface area contributed by atoms with Crippen molar-refractivity contribution in [1.82, 2.24) is 5.32 Å². The van der Waals surface area contributed by atoms with Gasteiger partial charge in [-0.25, -0.2) is 0 Å². The van der Waals surface area contributed by atoms with Gasteiger partial charge < -0.3 is 10.6 Å². The molecular formula is C26H34N2O2S. The second-order valence-corrected chi connectivity index (χ2v) is 10.2. The molecule has 1 aliphatic rings. The van der Waals surface area contributed by atoms with E-state index in [1.807, 2.05) is 50.2 Å². The molecule has 0 radical (unpaired) electrons. The predicted molar refractivity (Wildman–Crippen MR) is 129 cm³/mol. The second-order valence-electron chi connectivity index (χ2n) is 8.83. The van der Waals surface area contributed by atoms with Crippen molar-refractivity contribution in [3.05, 3.63) is 59.7 Å². The summed E-state index contributed by atoms with van der Waals surface area (Å²) in [4.78, 5) is 26.3. The monoisotopic (exact) mass is 438 g/mol. The van der Waals surface area contributed by atoms with E-state index in [-0.39, 0.29) is 17.7 Å². The van der Waals surface area contributed by atoms with Crippen molar-refractivity contribution < 1.29 is 9.59 Å². The first-order chi connectivity index (χ1) is 14.9. The van der Waals surface area contributed by atoms with Crippen LogP contribution in [0.1, 0.15) is 64.0 Å². The van der Waals surface area contributed by atoms with Crippen LogP contribution in [0.25, 0.3) is 0 Å². The van der Waals surface area contributed by atoms with Gasteiger partial charge in [0.05, 0.1) is 12.0 Å². The summed E-state index contributed by atoms with van der Waals surface area (Å²) in [6, 6.07) is 15.9. The Balaban J connectivity index is 1.54. The lowest BCUT2D eigenvalue weighted by Gasteiger charge is -2.30. The SMILES string of the molecule is CCSc1ccc(CC(=O)Nc2ccc(C(C)(C)NC(=O)C3CCCCC3)cc2)cc1. The van der Waals surface area contributed by atoms with E-state index in [0.717, 1.165) is 48.3 Å². The van der Waals surface area contributed by atoms with Crippen LogP contribution in [0.15, 0.2) is 53.4 Å². The molecule has 3 rings (SSSR count). The topological polar surface area (TPSA) is 58.2 Å². The van der Waals surface area contributed by atoms with Crippen molar-refractivity contribution >= 4 is 29.3 Å². The van der Waals surface area contributed by atoms with Crippen molar-refractivity contribution in [2.45, 2.75) is 69.7 Å². The molecule has 0 heterocycles. The first kappa shape index (κ1) is 23.4. The zero-order valence-electron chi connectivity index (χ0n) is 18.9. The van der Waals surface area contributed by atoms with Crippen molar-refractivity contribution in [2.75, 3.05) is 11.1 Å². The molecule has 2 amide bonds. The molecule has 2 aromatic carbocycles. The van der Waals surface area contributed by atoms with Gasteiger partial charge in [-0.2, -0.15) is 0 Å². The fourth-order valence-electron chi connectivity index (χ4n) is 4.08. The van der Waals surface area contributed by atoms with E-state index in [1.54, 1.807) is 11.8 Å². The molecule has 0 bridgehead atoms. The van der Waals surface area contributed by atoms with E-state index in [2.05, 4.69) is 29.7 Å². The Hall–Kier alpha value is -2.27. The summed E-state index contributed by atoms with van der Waals surface area (Å²) in [5, 5.41) is 6.19. The summed E-state index contributed by atoms with van der Waals surface area (Å²) >= 11 is 1.79. The summed E-state index contributed by atoms with van der Waals surface area (Å²) in [5.74, 6) is 1.30. The van der Waals surface area contributed by atoms with Crippen molar-refractivity contribution in [3.8, 4) is 0 Å². The van der Waals surface area contributed by atoms with E-state index < -0.39 is 5.54 Å². The fraction of sp³-hybridized carbons (Fsp3) is 0.462. The summed E-state index contributed by atoms with van der Waals surface area (Å²) in [6.45, 7) is 6.19. The summed E-state index contributed by atoms with van der Waals surface area (Å²) < 4.78 is 0. The van der Waals surface area contributed by atoms with Gasteiger partial charge in [-0.1, -0.05) is 50.5 Å². The molecule has 5 heteroatoms. The Morgan fingerprint density at radius 3 is 2.23 bits per heavy atom. The van der Waals surface area contributed by atoms with Crippen molar-refractivity contribution in [2.24, 2.45) is 5.92 Å². The molecule has 4 nitrogen and oxygen atoms in total. The van der Waals surface area contributed by atoms with E-state index in [4.69, 9.17) is 0 Å². The maximum absolute atomic E-state index is 12.7. The van der Waals surface area contributed by atoms with Gasteiger partial charge in [0.25, 0.3) is 0 Å².